The Morgan fingerprint density at radius 3 is 1.88 bits per heavy atom. The van der Waals surface area contributed by atoms with E-state index in [0.29, 0.717) is 0 Å². The summed E-state index contributed by atoms with van der Waals surface area (Å²) in [6.45, 7) is 0.280. The van der Waals surface area contributed by atoms with E-state index in [9.17, 15) is 4.79 Å². The van der Waals surface area contributed by atoms with Crippen LogP contribution in [0, 0.1) is 0 Å². The van der Waals surface area contributed by atoms with Gasteiger partial charge >= 0.3 is 0 Å². The molecule has 2 N–H and O–H groups in total. The molecule has 3 nitrogen and oxygen atoms in total. The molecule has 48 valence electrons. The molecule has 0 saturated heterocycles. The molecule has 0 saturated carbocycles. The van der Waals surface area contributed by atoms with Crippen LogP contribution in [0.4, 0.5) is 0 Å². The molecule has 0 fully saturated rings. The van der Waals surface area contributed by atoms with Gasteiger partial charge in [-0.1, -0.05) is 0 Å². The SMILES string of the molecule is O=C(CNCl)CNCl. The number of nitrogens with one attached hydrogen (secondary N) is 2. The maximum atomic E-state index is 10.3. The molecule has 0 radical (unpaired) electrons. The predicted molar refractivity (Wildman–Crippen MR) is 32.7 cm³/mol. The minimum Gasteiger partial charge on any atom is -0.297 e. The largest absolute Gasteiger partial charge is 0.297 e. The summed E-state index contributed by atoms with van der Waals surface area (Å²) in [7, 11) is 0. The molecule has 0 aliphatic carbocycles. The zero-order valence-electron chi connectivity index (χ0n) is 4.08. The van der Waals surface area contributed by atoms with Crippen molar-refractivity contribution in [2.75, 3.05) is 13.1 Å². The molecule has 0 amide bonds. The number of carbonyl (C=O) groups is 1. The van der Waals surface area contributed by atoms with E-state index in [1.165, 1.54) is 0 Å². The standard InChI is InChI=1S/C3H6Cl2N2O/c4-6-1-3(8)2-7-5/h6-7H,1-2H2. The lowest BCUT2D eigenvalue weighted by Gasteiger charge is -1.92. The Balaban J connectivity index is 3.06. The molecule has 0 spiro atoms. The summed E-state index contributed by atoms with van der Waals surface area (Å²) in [5.41, 5.74) is 0. The summed E-state index contributed by atoms with van der Waals surface area (Å²) >= 11 is 9.98. The van der Waals surface area contributed by atoms with Crippen molar-refractivity contribution < 1.29 is 4.79 Å². The van der Waals surface area contributed by atoms with E-state index in [1.807, 2.05) is 0 Å². The lowest BCUT2D eigenvalue weighted by Crippen LogP contribution is -2.23. The Kier molecular flexibility index (Phi) is 5.42. The average molecular weight is 157 g/mol. The van der Waals surface area contributed by atoms with Crippen molar-refractivity contribution in [2.24, 2.45) is 0 Å². The van der Waals surface area contributed by atoms with Crippen molar-refractivity contribution in [3.8, 4) is 0 Å². The van der Waals surface area contributed by atoms with Crippen molar-refractivity contribution in [3.05, 3.63) is 0 Å². The van der Waals surface area contributed by atoms with Gasteiger partial charge in [-0.05, 0) is 23.6 Å². The van der Waals surface area contributed by atoms with Crippen LogP contribution in [0.2, 0.25) is 0 Å². The van der Waals surface area contributed by atoms with Crippen molar-refractivity contribution in [3.63, 3.8) is 0 Å². The highest BCUT2D eigenvalue weighted by molar-refractivity contribution is 6.16. The third kappa shape index (κ3) is 4.33. The van der Waals surface area contributed by atoms with E-state index in [1.54, 1.807) is 0 Å². The summed E-state index contributed by atoms with van der Waals surface area (Å²) in [6, 6.07) is 0. The van der Waals surface area contributed by atoms with Gasteiger partial charge in [-0.2, -0.15) is 0 Å². The zero-order valence-corrected chi connectivity index (χ0v) is 5.59. The Bertz CT molecular complexity index is 69.7. The average Bonchev–Trinajstić information content (AvgIpc) is 1.68. The summed E-state index contributed by atoms with van der Waals surface area (Å²) in [5.74, 6) is -0.0741. The molecule has 8 heavy (non-hydrogen) atoms. The molecule has 0 atom stereocenters. The Morgan fingerprint density at radius 1 is 1.25 bits per heavy atom. The first-order valence-corrected chi connectivity index (χ1v) is 2.75. The van der Waals surface area contributed by atoms with Gasteiger partial charge in [0.2, 0.25) is 0 Å². The molecular weight excluding hydrogens is 151 g/mol. The lowest BCUT2D eigenvalue weighted by molar-refractivity contribution is -0.116. The number of hydrogen-bond donors (Lipinski definition) is 2. The Hall–Kier alpha value is 0.170. The molecule has 0 rings (SSSR count). The van der Waals surface area contributed by atoms with Crippen LogP contribution >= 0.6 is 23.6 Å². The lowest BCUT2D eigenvalue weighted by atomic mass is 10.4. The quantitative estimate of drug-likeness (QED) is 0.566. The Morgan fingerprint density at radius 2 is 1.62 bits per heavy atom. The molecule has 0 aromatic heterocycles. The summed E-state index contributed by atoms with van der Waals surface area (Å²) in [4.78, 5) is 14.7. The van der Waals surface area contributed by atoms with Gasteiger partial charge in [0.15, 0.2) is 5.78 Å². The topological polar surface area (TPSA) is 41.1 Å². The minimum atomic E-state index is -0.0741. The molecule has 0 aliphatic heterocycles. The summed E-state index contributed by atoms with van der Waals surface area (Å²) < 4.78 is 0. The molecule has 0 bridgehead atoms. The molecular formula is C3H6Cl2N2O. The van der Waals surface area contributed by atoms with E-state index in [0.717, 1.165) is 0 Å². The third-order valence-corrected chi connectivity index (χ3v) is 0.795. The van der Waals surface area contributed by atoms with Crippen LogP contribution in [0.1, 0.15) is 0 Å². The van der Waals surface area contributed by atoms with E-state index in [2.05, 4.69) is 9.67 Å². The fourth-order valence-electron chi connectivity index (χ4n) is 0.212. The highest BCUT2D eigenvalue weighted by Gasteiger charge is 1.95. The van der Waals surface area contributed by atoms with Crippen molar-refractivity contribution >= 4 is 29.3 Å². The number of ketones is 1. The van der Waals surface area contributed by atoms with Gasteiger partial charge in [0.05, 0.1) is 13.1 Å². The number of halogens is 2. The third-order valence-electron chi connectivity index (χ3n) is 0.528. The fourth-order valence-corrected chi connectivity index (χ4v) is 0.510. The van der Waals surface area contributed by atoms with E-state index in [4.69, 9.17) is 23.6 Å². The zero-order chi connectivity index (χ0) is 6.41. The van der Waals surface area contributed by atoms with Gasteiger partial charge in [-0.25, -0.2) is 9.67 Å². The molecule has 0 heterocycles. The van der Waals surface area contributed by atoms with Crippen LogP contribution in [0.25, 0.3) is 0 Å². The fraction of sp³-hybridized carbons (Fsp3) is 0.667. The molecule has 0 aromatic rings. The summed E-state index contributed by atoms with van der Waals surface area (Å²) in [6.07, 6.45) is 0. The minimum absolute atomic E-state index is 0.0741. The van der Waals surface area contributed by atoms with E-state index >= 15 is 0 Å². The first-order chi connectivity index (χ1) is 3.81. The van der Waals surface area contributed by atoms with Crippen molar-refractivity contribution in [2.45, 2.75) is 0 Å². The highest BCUT2D eigenvalue weighted by atomic mass is 35.5. The van der Waals surface area contributed by atoms with Crippen LogP contribution < -0.4 is 9.67 Å². The van der Waals surface area contributed by atoms with Gasteiger partial charge in [0.1, 0.15) is 0 Å². The second-order valence-electron chi connectivity index (χ2n) is 1.16. The van der Waals surface area contributed by atoms with Crippen molar-refractivity contribution in [1.82, 2.24) is 9.67 Å². The number of carbonyl (C=O) groups excluding carboxylic acids is 1. The van der Waals surface area contributed by atoms with Gasteiger partial charge in [-0.15, -0.1) is 0 Å². The second-order valence-corrected chi connectivity index (χ2v) is 1.69. The van der Waals surface area contributed by atoms with Crippen LogP contribution in [0.3, 0.4) is 0 Å². The smallest absolute Gasteiger partial charge is 0.162 e. The first kappa shape index (κ1) is 8.17. The molecule has 5 heteroatoms. The first-order valence-electron chi connectivity index (χ1n) is 2.00. The van der Waals surface area contributed by atoms with Crippen LogP contribution in [-0.2, 0) is 4.79 Å². The molecule has 0 unspecified atom stereocenters. The van der Waals surface area contributed by atoms with Crippen LogP contribution in [0.15, 0.2) is 0 Å². The van der Waals surface area contributed by atoms with Gasteiger partial charge in [0.25, 0.3) is 0 Å². The maximum absolute atomic E-state index is 10.3. The summed E-state index contributed by atoms with van der Waals surface area (Å²) in [5, 5.41) is 0. The van der Waals surface area contributed by atoms with E-state index in [-0.39, 0.29) is 18.9 Å². The number of rotatable bonds is 4. The van der Waals surface area contributed by atoms with Crippen molar-refractivity contribution in [1.29, 1.82) is 0 Å². The predicted octanol–water partition coefficient (Wildman–Crippen LogP) is 0.0423. The van der Waals surface area contributed by atoms with E-state index < -0.39 is 0 Å². The Labute approximate surface area is 57.6 Å². The van der Waals surface area contributed by atoms with Crippen LogP contribution in [0.5, 0.6) is 0 Å². The number of hydrogen-bond acceptors (Lipinski definition) is 3. The normalized spacial score (nSPS) is 9.25. The van der Waals surface area contributed by atoms with Gasteiger partial charge in [-0.3, -0.25) is 4.79 Å². The van der Waals surface area contributed by atoms with Gasteiger partial charge < -0.3 is 0 Å². The van der Waals surface area contributed by atoms with Gasteiger partial charge in [0, 0.05) is 0 Å². The molecule has 0 aliphatic rings. The van der Waals surface area contributed by atoms with Crippen LogP contribution in [-0.4, -0.2) is 18.9 Å². The second kappa shape index (κ2) is 5.31. The maximum Gasteiger partial charge on any atom is 0.162 e. The monoisotopic (exact) mass is 156 g/mol. The molecule has 0 aromatic carbocycles. The number of Topliss-reactive ketones (excluding diaryl/α,β-unsaturated/α-hetero) is 1. The highest BCUT2D eigenvalue weighted by Crippen LogP contribution is 1.69.